The Balaban J connectivity index is 3.21. The van der Waals surface area contributed by atoms with Crippen LogP contribution in [0.5, 0.6) is 0 Å². The van der Waals surface area contributed by atoms with E-state index in [4.69, 9.17) is 0 Å². The van der Waals surface area contributed by atoms with Crippen molar-refractivity contribution in [3.05, 3.63) is 33.9 Å². The van der Waals surface area contributed by atoms with Gasteiger partial charge in [0.2, 0.25) is 0 Å². The van der Waals surface area contributed by atoms with Crippen molar-refractivity contribution in [3.63, 3.8) is 0 Å². The van der Waals surface area contributed by atoms with E-state index < -0.39 is 4.92 Å². The van der Waals surface area contributed by atoms with Gasteiger partial charge in [-0.2, -0.15) is 0 Å². The molecule has 6 heteroatoms. The standard InChI is InChI=1S/C13H19N3O3/c1-4-8-15(5-2)13(17)11-9-10(14-3)6-7-12(11)16(18)19/h6-7,9,14H,4-5,8H2,1-3H3. The lowest BCUT2D eigenvalue weighted by Gasteiger charge is -2.20. The molecule has 0 saturated heterocycles. The highest BCUT2D eigenvalue weighted by Crippen LogP contribution is 2.24. The zero-order valence-electron chi connectivity index (χ0n) is 11.5. The number of carbonyl (C=O) groups excluding carboxylic acids is 1. The second-order valence-electron chi connectivity index (χ2n) is 4.12. The number of benzene rings is 1. The third-order valence-electron chi connectivity index (χ3n) is 2.87. The van der Waals surface area contributed by atoms with Crippen molar-refractivity contribution < 1.29 is 9.72 Å². The number of amides is 1. The monoisotopic (exact) mass is 265 g/mol. The molecule has 0 aliphatic heterocycles. The highest BCUT2D eigenvalue weighted by Gasteiger charge is 2.23. The summed E-state index contributed by atoms with van der Waals surface area (Å²) >= 11 is 0. The summed E-state index contributed by atoms with van der Waals surface area (Å²) in [7, 11) is 1.71. The van der Waals surface area contributed by atoms with Crippen LogP contribution in [0.1, 0.15) is 30.6 Å². The molecule has 0 aromatic heterocycles. The van der Waals surface area contributed by atoms with Crippen LogP contribution in [0.25, 0.3) is 0 Å². The SMILES string of the molecule is CCCN(CC)C(=O)c1cc(NC)ccc1[N+](=O)[O-]. The Morgan fingerprint density at radius 2 is 2.11 bits per heavy atom. The summed E-state index contributed by atoms with van der Waals surface area (Å²) in [5, 5.41) is 13.9. The van der Waals surface area contributed by atoms with E-state index in [0.29, 0.717) is 18.8 Å². The molecule has 0 spiro atoms. The predicted octanol–water partition coefficient (Wildman–Crippen LogP) is 2.51. The van der Waals surface area contributed by atoms with E-state index in [1.54, 1.807) is 18.0 Å². The van der Waals surface area contributed by atoms with E-state index in [-0.39, 0.29) is 17.2 Å². The van der Waals surface area contributed by atoms with E-state index >= 15 is 0 Å². The molecule has 0 radical (unpaired) electrons. The van der Waals surface area contributed by atoms with Gasteiger partial charge in [0.05, 0.1) is 4.92 Å². The zero-order chi connectivity index (χ0) is 14.4. The van der Waals surface area contributed by atoms with Gasteiger partial charge in [0, 0.05) is 31.9 Å². The Morgan fingerprint density at radius 3 is 2.58 bits per heavy atom. The van der Waals surface area contributed by atoms with Crippen LogP contribution in [0.15, 0.2) is 18.2 Å². The fourth-order valence-corrected chi connectivity index (χ4v) is 1.87. The average Bonchev–Trinajstić information content (AvgIpc) is 2.43. The van der Waals surface area contributed by atoms with Crippen LogP contribution in [0.4, 0.5) is 11.4 Å². The number of nitro groups is 1. The number of carbonyl (C=O) groups is 1. The van der Waals surface area contributed by atoms with Crippen LogP contribution >= 0.6 is 0 Å². The van der Waals surface area contributed by atoms with E-state index in [1.807, 2.05) is 13.8 Å². The number of nitrogens with one attached hydrogen (secondary N) is 1. The maximum atomic E-state index is 12.4. The van der Waals surface area contributed by atoms with E-state index in [2.05, 4.69) is 5.32 Å². The predicted molar refractivity (Wildman–Crippen MR) is 74.5 cm³/mol. The molecule has 1 rings (SSSR count). The summed E-state index contributed by atoms with van der Waals surface area (Å²) in [5.41, 5.74) is 0.659. The highest BCUT2D eigenvalue weighted by atomic mass is 16.6. The van der Waals surface area contributed by atoms with Gasteiger partial charge >= 0.3 is 0 Å². The minimum atomic E-state index is -0.521. The minimum absolute atomic E-state index is 0.132. The maximum Gasteiger partial charge on any atom is 0.282 e. The zero-order valence-corrected chi connectivity index (χ0v) is 11.5. The first-order valence-corrected chi connectivity index (χ1v) is 6.30. The first-order chi connectivity index (χ1) is 9.04. The summed E-state index contributed by atoms with van der Waals surface area (Å²) in [6.45, 7) is 4.96. The van der Waals surface area contributed by atoms with Crippen molar-refractivity contribution in [2.24, 2.45) is 0 Å². The molecule has 19 heavy (non-hydrogen) atoms. The first kappa shape index (κ1) is 14.9. The molecule has 0 aliphatic rings. The smallest absolute Gasteiger partial charge is 0.282 e. The van der Waals surface area contributed by atoms with Gasteiger partial charge in [-0.05, 0) is 25.5 Å². The molecule has 1 N–H and O–H groups in total. The fraction of sp³-hybridized carbons (Fsp3) is 0.462. The molecule has 104 valence electrons. The van der Waals surface area contributed by atoms with Gasteiger partial charge < -0.3 is 10.2 Å². The van der Waals surface area contributed by atoms with E-state index in [1.165, 1.54) is 12.1 Å². The quantitative estimate of drug-likeness (QED) is 0.633. The Morgan fingerprint density at radius 1 is 1.42 bits per heavy atom. The second kappa shape index (κ2) is 6.72. The molecule has 1 amide bonds. The summed E-state index contributed by atoms with van der Waals surface area (Å²) < 4.78 is 0. The first-order valence-electron chi connectivity index (χ1n) is 6.30. The number of nitrogens with zero attached hydrogens (tertiary/aromatic N) is 2. The van der Waals surface area contributed by atoms with Gasteiger partial charge in [0.15, 0.2) is 0 Å². The minimum Gasteiger partial charge on any atom is -0.388 e. The fourth-order valence-electron chi connectivity index (χ4n) is 1.87. The van der Waals surface area contributed by atoms with Gasteiger partial charge in [0.1, 0.15) is 5.56 Å². The molecule has 0 fully saturated rings. The molecule has 6 nitrogen and oxygen atoms in total. The summed E-state index contributed by atoms with van der Waals surface area (Å²) in [5.74, 6) is -0.298. The molecule has 0 heterocycles. The molecule has 1 aromatic rings. The van der Waals surface area contributed by atoms with Gasteiger partial charge in [0.25, 0.3) is 11.6 Å². The largest absolute Gasteiger partial charge is 0.388 e. The lowest BCUT2D eigenvalue weighted by molar-refractivity contribution is -0.385. The Labute approximate surface area is 112 Å². The third kappa shape index (κ3) is 3.43. The van der Waals surface area contributed by atoms with Crippen molar-refractivity contribution >= 4 is 17.3 Å². The summed E-state index contributed by atoms with van der Waals surface area (Å²) in [6, 6.07) is 4.47. The number of hydrogen-bond acceptors (Lipinski definition) is 4. The van der Waals surface area contributed by atoms with E-state index in [9.17, 15) is 14.9 Å². The Bertz CT molecular complexity index is 474. The number of hydrogen-bond donors (Lipinski definition) is 1. The van der Waals surface area contributed by atoms with Crippen LogP contribution in [0.2, 0.25) is 0 Å². The highest BCUT2D eigenvalue weighted by molar-refractivity contribution is 5.99. The summed E-state index contributed by atoms with van der Waals surface area (Å²) in [4.78, 5) is 24.5. The van der Waals surface area contributed by atoms with Crippen LogP contribution in [-0.2, 0) is 0 Å². The Kier molecular flexibility index (Phi) is 5.29. The van der Waals surface area contributed by atoms with Crippen molar-refractivity contribution in [3.8, 4) is 0 Å². The molecular weight excluding hydrogens is 246 g/mol. The van der Waals surface area contributed by atoms with Crippen molar-refractivity contribution in [1.29, 1.82) is 0 Å². The van der Waals surface area contributed by atoms with Crippen LogP contribution < -0.4 is 5.32 Å². The number of nitro benzene ring substituents is 1. The van der Waals surface area contributed by atoms with Crippen LogP contribution in [0.3, 0.4) is 0 Å². The molecule has 0 atom stereocenters. The number of rotatable bonds is 6. The maximum absolute atomic E-state index is 12.4. The third-order valence-corrected chi connectivity index (χ3v) is 2.87. The topological polar surface area (TPSA) is 75.5 Å². The molecule has 0 bridgehead atoms. The Hall–Kier alpha value is -2.11. The van der Waals surface area contributed by atoms with Crippen LogP contribution in [-0.4, -0.2) is 35.9 Å². The van der Waals surface area contributed by atoms with Crippen molar-refractivity contribution in [2.75, 3.05) is 25.5 Å². The molecule has 1 aromatic carbocycles. The van der Waals surface area contributed by atoms with Crippen LogP contribution in [0, 0.1) is 10.1 Å². The summed E-state index contributed by atoms with van der Waals surface area (Å²) in [6.07, 6.45) is 0.819. The number of anilines is 1. The normalized spacial score (nSPS) is 10.1. The van der Waals surface area contributed by atoms with Gasteiger partial charge in [-0.1, -0.05) is 6.92 Å². The van der Waals surface area contributed by atoms with Crippen molar-refractivity contribution in [1.82, 2.24) is 4.90 Å². The van der Waals surface area contributed by atoms with Crippen molar-refractivity contribution in [2.45, 2.75) is 20.3 Å². The lowest BCUT2D eigenvalue weighted by atomic mass is 10.1. The van der Waals surface area contributed by atoms with Gasteiger partial charge in [-0.25, -0.2) is 0 Å². The lowest BCUT2D eigenvalue weighted by Crippen LogP contribution is -2.32. The average molecular weight is 265 g/mol. The van der Waals surface area contributed by atoms with Gasteiger partial charge in [-0.3, -0.25) is 14.9 Å². The molecule has 0 unspecified atom stereocenters. The van der Waals surface area contributed by atoms with Gasteiger partial charge in [-0.15, -0.1) is 0 Å². The second-order valence-corrected chi connectivity index (χ2v) is 4.12. The molecular formula is C13H19N3O3. The molecule has 0 aliphatic carbocycles. The molecule has 0 saturated carbocycles. The van der Waals surface area contributed by atoms with E-state index in [0.717, 1.165) is 6.42 Å².